The van der Waals surface area contributed by atoms with Crippen molar-refractivity contribution in [3.8, 4) is 0 Å². The first kappa shape index (κ1) is 15.8. The summed E-state index contributed by atoms with van der Waals surface area (Å²) in [7, 11) is 1.44. The summed E-state index contributed by atoms with van der Waals surface area (Å²) in [5.74, 6) is 1.10. The second-order valence-corrected chi connectivity index (χ2v) is 5.20. The SMILES string of the molecule is COC(=O)C(C)CC(C)NCCCCSC. The lowest BCUT2D eigenvalue weighted by Gasteiger charge is -2.17. The van der Waals surface area contributed by atoms with Crippen LogP contribution in [0, 0.1) is 5.92 Å². The number of methoxy groups -OCH3 is 1. The average molecular weight is 247 g/mol. The fraction of sp³-hybridized carbons (Fsp3) is 0.917. The molecule has 0 bridgehead atoms. The molecule has 0 aromatic carbocycles. The van der Waals surface area contributed by atoms with Crippen LogP contribution in [0.25, 0.3) is 0 Å². The molecular weight excluding hydrogens is 222 g/mol. The quantitative estimate of drug-likeness (QED) is 0.501. The molecule has 1 N–H and O–H groups in total. The van der Waals surface area contributed by atoms with Crippen LogP contribution in [-0.4, -0.2) is 37.7 Å². The van der Waals surface area contributed by atoms with E-state index in [-0.39, 0.29) is 11.9 Å². The van der Waals surface area contributed by atoms with Crippen LogP contribution in [0.3, 0.4) is 0 Å². The monoisotopic (exact) mass is 247 g/mol. The van der Waals surface area contributed by atoms with E-state index >= 15 is 0 Å². The van der Waals surface area contributed by atoms with Crippen molar-refractivity contribution >= 4 is 17.7 Å². The van der Waals surface area contributed by atoms with Gasteiger partial charge in [0.1, 0.15) is 0 Å². The number of esters is 1. The summed E-state index contributed by atoms with van der Waals surface area (Å²) in [4.78, 5) is 11.2. The summed E-state index contributed by atoms with van der Waals surface area (Å²) in [6.45, 7) is 5.07. The molecule has 2 unspecified atom stereocenters. The normalized spacial score (nSPS) is 14.5. The second-order valence-electron chi connectivity index (χ2n) is 4.21. The minimum atomic E-state index is -0.115. The smallest absolute Gasteiger partial charge is 0.308 e. The van der Waals surface area contributed by atoms with E-state index in [2.05, 4.69) is 18.5 Å². The molecule has 0 spiro atoms. The van der Waals surface area contributed by atoms with Crippen molar-refractivity contribution in [2.75, 3.05) is 25.7 Å². The predicted octanol–water partition coefficient (Wildman–Crippen LogP) is 2.31. The van der Waals surface area contributed by atoms with Gasteiger partial charge in [-0.1, -0.05) is 6.92 Å². The van der Waals surface area contributed by atoms with E-state index in [0.717, 1.165) is 13.0 Å². The van der Waals surface area contributed by atoms with E-state index in [9.17, 15) is 4.79 Å². The average Bonchev–Trinajstić information content (AvgIpc) is 2.27. The van der Waals surface area contributed by atoms with Gasteiger partial charge in [0.05, 0.1) is 13.0 Å². The molecule has 0 saturated heterocycles. The van der Waals surface area contributed by atoms with E-state index < -0.39 is 0 Å². The third kappa shape index (κ3) is 7.99. The Labute approximate surface area is 104 Å². The first-order valence-electron chi connectivity index (χ1n) is 5.92. The van der Waals surface area contributed by atoms with Crippen LogP contribution in [0.15, 0.2) is 0 Å². The molecule has 0 aromatic rings. The highest BCUT2D eigenvalue weighted by molar-refractivity contribution is 7.98. The summed E-state index contributed by atoms with van der Waals surface area (Å²) in [5.41, 5.74) is 0. The molecule has 16 heavy (non-hydrogen) atoms. The van der Waals surface area contributed by atoms with Crippen molar-refractivity contribution < 1.29 is 9.53 Å². The van der Waals surface area contributed by atoms with Crippen molar-refractivity contribution in [2.24, 2.45) is 5.92 Å². The molecule has 0 aliphatic rings. The Balaban J connectivity index is 3.50. The highest BCUT2D eigenvalue weighted by Gasteiger charge is 2.15. The van der Waals surface area contributed by atoms with Crippen LogP contribution in [0.1, 0.15) is 33.1 Å². The molecule has 0 saturated carbocycles. The Kier molecular flexibility index (Phi) is 9.83. The molecule has 3 nitrogen and oxygen atoms in total. The molecule has 0 aliphatic carbocycles. The summed E-state index contributed by atoms with van der Waals surface area (Å²) >= 11 is 1.89. The third-order valence-corrected chi connectivity index (χ3v) is 3.28. The fourth-order valence-corrected chi connectivity index (χ4v) is 2.12. The zero-order valence-electron chi connectivity index (χ0n) is 10.9. The predicted molar refractivity (Wildman–Crippen MR) is 70.9 cm³/mol. The Morgan fingerprint density at radius 1 is 1.38 bits per heavy atom. The van der Waals surface area contributed by atoms with Gasteiger partial charge < -0.3 is 10.1 Å². The first-order chi connectivity index (χ1) is 7.61. The Morgan fingerprint density at radius 2 is 2.06 bits per heavy atom. The van der Waals surface area contributed by atoms with Gasteiger partial charge in [-0.05, 0) is 44.7 Å². The Hall–Kier alpha value is -0.220. The van der Waals surface area contributed by atoms with Crippen LogP contribution >= 0.6 is 11.8 Å². The third-order valence-electron chi connectivity index (χ3n) is 2.58. The number of thioether (sulfide) groups is 1. The maximum absolute atomic E-state index is 11.2. The largest absolute Gasteiger partial charge is 0.469 e. The maximum Gasteiger partial charge on any atom is 0.308 e. The number of carbonyl (C=O) groups excluding carboxylic acids is 1. The zero-order chi connectivity index (χ0) is 12.4. The Morgan fingerprint density at radius 3 is 2.62 bits per heavy atom. The van der Waals surface area contributed by atoms with Gasteiger partial charge in [-0.2, -0.15) is 11.8 Å². The summed E-state index contributed by atoms with van der Waals surface area (Å²) in [5, 5.41) is 3.43. The number of unbranched alkanes of at least 4 members (excludes halogenated alkanes) is 1. The van der Waals surface area contributed by atoms with Crippen LogP contribution in [-0.2, 0) is 9.53 Å². The molecule has 0 amide bonds. The van der Waals surface area contributed by atoms with Gasteiger partial charge in [0, 0.05) is 6.04 Å². The van der Waals surface area contributed by atoms with Crippen molar-refractivity contribution in [3.05, 3.63) is 0 Å². The molecule has 0 fully saturated rings. The second kappa shape index (κ2) is 9.97. The standard InChI is InChI=1S/C12H25NO2S/c1-10(12(14)15-3)9-11(2)13-7-5-6-8-16-4/h10-11,13H,5-9H2,1-4H3. The van der Waals surface area contributed by atoms with Crippen molar-refractivity contribution in [1.29, 1.82) is 0 Å². The molecule has 4 heteroatoms. The molecule has 0 rings (SSSR count). The van der Waals surface area contributed by atoms with E-state index in [0.29, 0.717) is 6.04 Å². The number of ether oxygens (including phenoxy) is 1. The van der Waals surface area contributed by atoms with Crippen LogP contribution in [0.5, 0.6) is 0 Å². The van der Waals surface area contributed by atoms with Gasteiger partial charge in [-0.3, -0.25) is 4.79 Å². The van der Waals surface area contributed by atoms with Gasteiger partial charge in [-0.15, -0.1) is 0 Å². The first-order valence-corrected chi connectivity index (χ1v) is 7.31. The molecule has 96 valence electrons. The number of hydrogen-bond donors (Lipinski definition) is 1. The number of rotatable bonds is 9. The molecule has 0 aromatic heterocycles. The van der Waals surface area contributed by atoms with E-state index in [1.807, 2.05) is 18.7 Å². The highest BCUT2D eigenvalue weighted by atomic mass is 32.2. The van der Waals surface area contributed by atoms with Gasteiger partial charge in [0.2, 0.25) is 0 Å². The number of carbonyl (C=O) groups is 1. The summed E-state index contributed by atoms with van der Waals surface area (Å²) in [6, 6.07) is 0.378. The van der Waals surface area contributed by atoms with Gasteiger partial charge in [0.15, 0.2) is 0 Å². The van der Waals surface area contributed by atoms with Gasteiger partial charge >= 0.3 is 5.97 Å². The lowest BCUT2D eigenvalue weighted by Crippen LogP contribution is -2.30. The lowest BCUT2D eigenvalue weighted by atomic mass is 10.0. The van der Waals surface area contributed by atoms with Gasteiger partial charge in [0.25, 0.3) is 0 Å². The fourth-order valence-electron chi connectivity index (χ4n) is 1.63. The highest BCUT2D eigenvalue weighted by Crippen LogP contribution is 2.07. The lowest BCUT2D eigenvalue weighted by molar-refractivity contribution is -0.145. The maximum atomic E-state index is 11.2. The molecule has 0 aliphatic heterocycles. The molecule has 2 atom stereocenters. The molecule has 0 heterocycles. The van der Waals surface area contributed by atoms with Crippen molar-refractivity contribution in [3.63, 3.8) is 0 Å². The van der Waals surface area contributed by atoms with Crippen LogP contribution in [0.4, 0.5) is 0 Å². The van der Waals surface area contributed by atoms with Crippen molar-refractivity contribution in [1.82, 2.24) is 5.32 Å². The molecule has 0 radical (unpaired) electrons. The minimum Gasteiger partial charge on any atom is -0.469 e. The number of nitrogens with one attached hydrogen (secondary N) is 1. The van der Waals surface area contributed by atoms with Gasteiger partial charge in [-0.25, -0.2) is 0 Å². The number of hydrogen-bond acceptors (Lipinski definition) is 4. The minimum absolute atomic E-state index is 0.0151. The topological polar surface area (TPSA) is 38.3 Å². The molecular formula is C12H25NO2S. The van der Waals surface area contributed by atoms with Crippen LogP contribution in [0.2, 0.25) is 0 Å². The summed E-state index contributed by atoms with van der Waals surface area (Å²) in [6.07, 6.45) is 5.44. The van der Waals surface area contributed by atoms with Crippen molar-refractivity contribution in [2.45, 2.75) is 39.2 Å². The van der Waals surface area contributed by atoms with Crippen LogP contribution < -0.4 is 5.32 Å². The summed E-state index contributed by atoms with van der Waals surface area (Å²) < 4.78 is 4.70. The van der Waals surface area contributed by atoms with E-state index in [4.69, 9.17) is 4.74 Å². The zero-order valence-corrected chi connectivity index (χ0v) is 11.7. The Bertz CT molecular complexity index is 188. The van der Waals surface area contributed by atoms with E-state index in [1.165, 1.54) is 25.7 Å². The van der Waals surface area contributed by atoms with E-state index in [1.54, 1.807) is 0 Å².